The first kappa shape index (κ1) is 14.4. The van der Waals surface area contributed by atoms with Gasteiger partial charge in [0, 0.05) is 23.0 Å². The average molecular weight is 323 g/mol. The molecule has 2 atom stereocenters. The van der Waals surface area contributed by atoms with Gasteiger partial charge in [-0.3, -0.25) is 0 Å². The van der Waals surface area contributed by atoms with Gasteiger partial charge >= 0.3 is 0 Å². The molecule has 1 N–H and O–H groups in total. The molecule has 2 rings (SSSR count). The molecule has 1 aliphatic heterocycles. The van der Waals surface area contributed by atoms with Gasteiger partial charge in [0.15, 0.2) is 0 Å². The Morgan fingerprint density at radius 2 is 2.32 bits per heavy atom. The first-order chi connectivity index (χ1) is 9.19. The molecule has 1 aromatic carbocycles. The number of rotatable bonds is 4. The number of benzene rings is 1. The summed E-state index contributed by atoms with van der Waals surface area (Å²) in [4.78, 5) is 0. The number of para-hydroxylation sites is 1. The SMILES string of the molecule is CCCC1CC(C#N)(Nc2ccccc2Br)CCO1. The predicted molar refractivity (Wildman–Crippen MR) is 80.0 cm³/mol. The third kappa shape index (κ3) is 3.49. The Morgan fingerprint density at radius 3 is 3.00 bits per heavy atom. The van der Waals surface area contributed by atoms with Crippen molar-refractivity contribution in [3.05, 3.63) is 28.7 Å². The van der Waals surface area contributed by atoms with Crippen molar-refractivity contribution < 1.29 is 4.74 Å². The van der Waals surface area contributed by atoms with Crippen LogP contribution in [0.2, 0.25) is 0 Å². The average Bonchev–Trinajstić information content (AvgIpc) is 2.42. The van der Waals surface area contributed by atoms with E-state index in [9.17, 15) is 5.26 Å². The molecule has 2 unspecified atom stereocenters. The number of nitrogens with zero attached hydrogens (tertiary/aromatic N) is 1. The zero-order valence-electron chi connectivity index (χ0n) is 11.2. The van der Waals surface area contributed by atoms with Crippen LogP contribution in [0.4, 0.5) is 5.69 Å². The van der Waals surface area contributed by atoms with Gasteiger partial charge in [-0.1, -0.05) is 25.5 Å². The highest BCUT2D eigenvalue weighted by Gasteiger charge is 2.37. The van der Waals surface area contributed by atoms with Crippen molar-refractivity contribution in [2.24, 2.45) is 0 Å². The fourth-order valence-electron chi connectivity index (χ4n) is 2.52. The quantitative estimate of drug-likeness (QED) is 0.907. The van der Waals surface area contributed by atoms with E-state index >= 15 is 0 Å². The molecule has 102 valence electrons. The van der Waals surface area contributed by atoms with E-state index in [1.807, 2.05) is 24.3 Å². The molecule has 4 heteroatoms. The molecule has 19 heavy (non-hydrogen) atoms. The highest BCUT2D eigenvalue weighted by molar-refractivity contribution is 9.10. The van der Waals surface area contributed by atoms with E-state index in [2.05, 4.69) is 34.2 Å². The minimum absolute atomic E-state index is 0.188. The van der Waals surface area contributed by atoms with Gasteiger partial charge < -0.3 is 10.1 Å². The molecule has 3 nitrogen and oxygen atoms in total. The predicted octanol–water partition coefficient (Wildman–Crippen LogP) is 4.10. The Kier molecular flexibility index (Phi) is 4.84. The van der Waals surface area contributed by atoms with Gasteiger partial charge in [0.05, 0.1) is 18.8 Å². The van der Waals surface area contributed by atoms with Crippen molar-refractivity contribution in [1.82, 2.24) is 0 Å². The number of nitriles is 1. The van der Waals surface area contributed by atoms with Gasteiger partial charge in [0.2, 0.25) is 0 Å². The summed E-state index contributed by atoms with van der Waals surface area (Å²) in [6.45, 7) is 2.79. The molecule has 0 spiro atoms. The monoisotopic (exact) mass is 322 g/mol. The molecular weight excluding hydrogens is 304 g/mol. The van der Waals surface area contributed by atoms with Crippen LogP contribution in [-0.4, -0.2) is 18.2 Å². The topological polar surface area (TPSA) is 45.0 Å². The fourth-order valence-corrected chi connectivity index (χ4v) is 2.90. The van der Waals surface area contributed by atoms with Gasteiger partial charge in [-0.05, 0) is 34.5 Å². The number of hydrogen-bond acceptors (Lipinski definition) is 3. The van der Waals surface area contributed by atoms with E-state index in [0.717, 1.165) is 35.8 Å². The molecule has 0 amide bonds. The maximum absolute atomic E-state index is 9.60. The Labute approximate surface area is 123 Å². The molecule has 0 bridgehead atoms. The minimum Gasteiger partial charge on any atom is -0.378 e. The smallest absolute Gasteiger partial charge is 0.130 e. The molecule has 1 heterocycles. The molecule has 1 aromatic rings. The molecule has 1 saturated heterocycles. The number of hydrogen-bond donors (Lipinski definition) is 1. The van der Waals surface area contributed by atoms with E-state index in [0.29, 0.717) is 6.61 Å². The van der Waals surface area contributed by atoms with Crippen molar-refractivity contribution in [3.8, 4) is 6.07 Å². The summed E-state index contributed by atoms with van der Waals surface area (Å²) >= 11 is 3.52. The Morgan fingerprint density at radius 1 is 1.53 bits per heavy atom. The second-order valence-electron chi connectivity index (χ2n) is 5.03. The summed E-state index contributed by atoms with van der Waals surface area (Å²) < 4.78 is 6.73. The van der Waals surface area contributed by atoms with E-state index < -0.39 is 5.54 Å². The van der Waals surface area contributed by atoms with Crippen molar-refractivity contribution in [2.45, 2.75) is 44.2 Å². The largest absolute Gasteiger partial charge is 0.378 e. The highest BCUT2D eigenvalue weighted by atomic mass is 79.9. The lowest BCUT2D eigenvalue weighted by molar-refractivity contribution is -0.00615. The molecular formula is C15H19BrN2O. The van der Waals surface area contributed by atoms with Gasteiger partial charge in [0.1, 0.15) is 5.54 Å². The van der Waals surface area contributed by atoms with Crippen LogP contribution in [-0.2, 0) is 4.74 Å². The van der Waals surface area contributed by atoms with Crippen molar-refractivity contribution >= 4 is 21.6 Å². The summed E-state index contributed by atoms with van der Waals surface area (Å²) in [5.74, 6) is 0. The van der Waals surface area contributed by atoms with Crippen LogP contribution in [0.3, 0.4) is 0 Å². The highest BCUT2D eigenvalue weighted by Crippen LogP contribution is 2.32. The van der Waals surface area contributed by atoms with Crippen molar-refractivity contribution in [1.29, 1.82) is 5.26 Å². The standard InChI is InChI=1S/C15H19BrN2O/c1-2-5-12-10-15(11-17,8-9-19-12)18-14-7-4-3-6-13(14)16/h3-4,6-7,12,18H,2,5,8-10H2,1H3. The third-order valence-electron chi connectivity index (χ3n) is 3.53. The summed E-state index contributed by atoms with van der Waals surface area (Å²) in [6.07, 6.45) is 3.76. The lowest BCUT2D eigenvalue weighted by Crippen LogP contribution is -2.46. The Bertz CT molecular complexity index is 469. The van der Waals surface area contributed by atoms with Crippen LogP contribution in [0.15, 0.2) is 28.7 Å². The first-order valence-electron chi connectivity index (χ1n) is 6.75. The van der Waals surface area contributed by atoms with Crippen molar-refractivity contribution in [2.75, 3.05) is 11.9 Å². The van der Waals surface area contributed by atoms with E-state index in [4.69, 9.17) is 4.74 Å². The van der Waals surface area contributed by atoms with Crippen LogP contribution < -0.4 is 5.32 Å². The number of nitrogens with one attached hydrogen (secondary N) is 1. The van der Waals surface area contributed by atoms with Gasteiger partial charge in [-0.2, -0.15) is 5.26 Å². The molecule has 0 saturated carbocycles. The molecule has 1 aliphatic rings. The van der Waals surface area contributed by atoms with Crippen LogP contribution in [0, 0.1) is 11.3 Å². The fraction of sp³-hybridized carbons (Fsp3) is 0.533. The summed E-state index contributed by atoms with van der Waals surface area (Å²) in [5.41, 5.74) is 0.461. The molecule has 0 radical (unpaired) electrons. The maximum atomic E-state index is 9.60. The van der Waals surface area contributed by atoms with Gasteiger partial charge in [-0.25, -0.2) is 0 Å². The van der Waals surface area contributed by atoms with Crippen LogP contribution in [0.5, 0.6) is 0 Å². The summed E-state index contributed by atoms with van der Waals surface area (Å²) in [6, 6.07) is 10.4. The summed E-state index contributed by atoms with van der Waals surface area (Å²) in [5, 5.41) is 13.0. The van der Waals surface area contributed by atoms with Crippen LogP contribution in [0.1, 0.15) is 32.6 Å². The van der Waals surface area contributed by atoms with Gasteiger partial charge in [0.25, 0.3) is 0 Å². The molecule has 1 fully saturated rings. The zero-order chi connectivity index (χ0) is 13.7. The lowest BCUT2D eigenvalue weighted by atomic mass is 9.86. The number of anilines is 1. The van der Waals surface area contributed by atoms with Crippen LogP contribution in [0.25, 0.3) is 0 Å². The Hall–Kier alpha value is -1.05. The number of halogens is 1. The van der Waals surface area contributed by atoms with E-state index in [1.54, 1.807) is 0 Å². The van der Waals surface area contributed by atoms with E-state index in [-0.39, 0.29) is 6.10 Å². The number of ether oxygens (including phenoxy) is 1. The van der Waals surface area contributed by atoms with Crippen LogP contribution >= 0.6 is 15.9 Å². The lowest BCUT2D eigenvalue weighted by Gasteiger charge is -2.37. The molecule has 0 aliphatic carbocycles. The zero-order valence-corrected chi connectivity index (χ0v) is 12.7. The minimum atomic E-state index is -0.512. The summed E-state index contributed by atoms with van der Waals surface area (Å²) in [7, 11) is 0. The molecule has 0 aromatic heterocycles. The van der Waals surface area contributed by atoms with Crippen molar-refractivity contribution in [3.63, 3.8) is 0 Å². The maximum Gasteiger partial charge on any atom is 0.130 e. The second-order valence-corrected chi connectivity index (χ2v) is 5.89. The van der Waals surface area contributed by atoms with Gasteiger partial charge in [-0.15, -0.1) is 0 Å². The van der Waals surface area contributed by atoms with E-state index in [1.165, 1.54) is 0 Å². The second kappa shape index (κ2) is 6.40. The normalized spacial score (nSPS) is 26.7. The first-order valence-corrected chi connectivity index (χ1v) is 7.54. The third-order valence-corrected chi connectivity index (χ3v) is 4.22. The Balaban J connectivity index is 2.15.